The van der Waals surface area contributed by atoms with Gasteiger partial charge in [0.25, 0.3) is 0 Å². The first-order chi connectivity index (χ1) is 9.61. The molecule has 0 N–H and O–H groups in total. The van der Waals surface area contributed by atoms with Crippen LogP contribution in [-0.2, 0) is 0 Å². The Hall–Kier alpha value is -1.39. The van der Waals surface area contributed by atoms with Crippen LogP contribution in [0.2, 0.25) is 5.28 Å². The summed E-state index contributed by atoms with van der Waals surface area (Å²) >= 11 is 6.07. The molecule has 1 aromatic carbocycles. The summed E-state index contributed by atoms with van der Waals surface area (Å²) in [6.45, 7) is 5.05. The largest absolute Gasteiger partial charge is 0.355 e. The number of para-hydroxylation sites is 1. The van der Waals surface area contributed by atoms with Gasteiger partial charge in [-0.3, -0.25) is 0 Å². The SMILES string of the molecule is CCCN(CCN(C)C)c1nc(Cl)nc2ccccc12. The first-order valence-electron chi connectivity index (χ1n) is 6.93. The van der Waals surface area contributed by atoms with Gasteiger partial charge >= 0.3 is 0 Å². The lowest BCUT2D eigenvalue weighted by atomic mass is 10.2. The topological polar surface area (TPSA) is 32.3 Å². The van der Waals surface area contributed by atoms with Crippen LogP contribution in [0, 0.1) is 0 Å². The molecule has 2 rings (SSSR count). The minimum Gasteiger partial charge on any atom is -0.355 e. The van der Waals surface area contributed by atoms with Gasteiger partial charge in [-0.05, 0) is 44.2 Å². The highest BCUT2D eigenvalue weighted by molar-refractivity contribution is 6.28. The molecule has 2 aromatic rings. The van der Waals surface area contributed by atoms with Crippen molar-refractivity contribution in [3.05, 3.63) is 29.5 Å². The van der Waals surface area contributed by atoms with Crippen LogP contribution in [-0.4, -0.2) is 48.6 Å². The van der Waals surface area contributed by atoms with Crippen molar-refractivity contribution in [2.24, 2.45) is 0 Å². The van der Waals surface area contributed by atoms with Crippen LogP contribution in [0.5, 0.6) is 0 Å². The van der Waals surface area contributed by atoms with E-state index in [-0.39, 0.29) is 0 Å². The van der Waals surface area contributed by atoms with Crippen molar-refractivity contribution >= 4 is 28.3 Å². The van der Waals surface area contributed by atoms with Gasteiger partial charge in [-0.2, -0.15) is 4.98 Å². The quantitative estimate of drug-likeness (QED) is 0.766. The number of halogens is 1. The maximum absolute atomic E-state index is 6.07. The number of benzene rings is 1. The lowest BCUT2D eigenvalue weighted by Crippen LogP contribution is -2.33. The summed E-state index contributed by atoms with van der Waals surface area (Å²) in [5.41, 5.74) is 0.897. The minimum atomic E-state index is 0.310. The maximum atomic E-state index is 6.07. The zero-order chi connectivity index (χ0) is 14.5. The van der Waals surface area contributed by atoms with Crippen LogP contribution >= 0.6 is 11.6 Å². The molecule has 0 radical (unpaired) electrons. The van der Waals surface area contributed by atoms with Crippen LogP contribution in [0.25, 0.3) is 10.9 Å². The van der Waals surface area contributed by atoms with E-state index >= 15 is 0 Å². The van der Waals surface area contributed by atoms with Gasteiger partial charge in [-0.15, -0.1) is 0 Å². The van der Waals surface area contributed by atoms with Crippen LogP contribution < -0.4 is 4.90 Å². The molecule has 0 aliphatic carbocycles. The van der Waals surface area contributed by atoms with Crippen molar-refractivity contribution in [1.82, 2.24) is 14.9 Å². The van der Waals surface area contributed by atoms with E-state index in [2.05, 4.69) is 46.9 Å². The molecule has 0 aliphatic heterocycles. The first-order valence-corrected chi connectivity index (χ1v) is 7.31. The molecule has 1 heterocycles. The van der Waals surface area contributed by atoms with E-state index in [1.165, 1.54) is 0 Å². The predicted molar refractivity (Wildman–Crippen MR) is 85.6 cm³/mol. The first kappa shape index (κ1) is 15.0. The summed E-state index contributed by atoms with van der Waals surface area (Å²) < 4.78 is 0. The summed E-state index contributed by atoms with van der Waals surface area (Å²) in [4.78, 5) is 13.2. The monoisotopic (exact) mass is 292 g/mol. The number of likely N-dealkylation sites (N-methyl/N-ethyl adjacent to an activating group) is 1. The Bertz CT molecular complexity index is 571. The molecule has 1 aromatic heterocycles. The second-order valence-electron chi connectivity index (χ2n) is 5.12. The third kappa shape index (κ3) is 3.58. The van der Waals surface area contributed by atoms with Gasteiger partial charge in [0.1, 0.15) is 5.82 Å². The molecule has 20 heavy (non-hydrogen) atoms. The highest BCUT2D eigenvalue weighted by Gasteiger charge is 2.13. The summed E-state index contributed by atoms with van der Waals surface area (Å²) in [6.07, 6.45) is 1.07. The maximum Gasteiger partial charge on any atom is 0.224 e. The molecule has 5 heteroatoms. The number of hydrogen-bond acceptors (Lipinski definition) is 4. The molecule has 0 spiro atoms. The van der Waals surface area contributed by atoms with Crippen molar-refractivity contribution in [2.45, 2.75) is 13.3 Å². The Morgan fingerprint density at radius 3 is 2.50 bits per heavy atom. The van der Waals surface area contributed by atoms with E-state index in [1.54, 1.807) is 0 Å². The predicted octanol–water partition coefficient (Wildman–Crippen LogP) is 3.06. The van der Waals surface area contributed by atoms with E-state index in [0.29, 0.717) is 5.28 Å². The third-order valence-corrected chi connectivity index (χ3v) is 3.34. The normalized spacial score (nSPS) is 11.2. The van der Waals surface area contributed by atoms with Gasteiger partial charge < -0.3 is 9.80 Å². The van der Waals surface area contributed by atoms with Gasteiger partial charge in [0.2, 0.25) is 5.28 Å². The van der Waals surface area contributed by atoms with E-state index in [9.17, 15) is 0 Å². The Kier molecular flexibility index (Phi) is 5.15. The number of aromatic nitrogens is 2. The molecule has 0 bridgehead atoms. The van der Waals surface area contributed by atoms with E-state index in [4.69, 9.17) is 11.6 Å². The van der Waals surface area contributed by atoms with Crippen molar-refractivity contribution in [1.29, 1.82) is 0 Å². The van der Waals surface area contributed by atoms with Crippen LogP contribution in [0.15, 0.2) is 24.3 Å². The molecule has 0 amide bonds. The summed E-state index contributed by atoms with van der Waals surface area (Å²) in [7, 11) is 4.16. The molecule has 4 nitrogen and oxygen atoms in total. The molecule has 0 aliphatic rings. The van der Waals surface area contributed by atoms with Gasteiger partial charge in [-0.1, -0.05) is 19.1 Å². The summed E-state index contributed by atoms with van der Waals surface area (Å²) in [5, 5.41) is 1.37. The average molecular weight is 293 g/mol. The number of rotatable bonds is 6. The number of nitrogens with zero attached hydrogens (tertiary/aromatic N) is 4. The second-order valence-corrected chi connectivity index (χ2v) is 5.46. The minimum absolute atomic E-state index is 0.310. The highest BCUT2D eigenvalue weighted by Crippen LogP contribution is 2.25. The van der Waals surface area contributed by atoms with Crippen molar-refractivity contribution in [3.63, 3.8) is 0 Å². The molecule has 0 unspecified atom stereocenters. The highest BCUT2D eigenvalue weighted by atomic mass is 35.5. The molecular formula is C15H21ClN4. The Morgan fingerprint density at radius 2 is 1.80 bits per heavy atom. The number of fused-ring (bicyclic) bond motifs is 1. The van der Waals surface area contributed by atoms with E-state index < -0.39 is 0 Å². The molecule has 108 valence electrons. The zero-order valence-corrected chi connectivity index (χ0v) is 13.1. The van der Waals surface area contributed by atoms with E-state index in [0.717, 1.165) is 42.8 Å². The van der Waals surface area contributed by atoms with Gasteiger partial charge in [0, 0.05) is 25.0 Å². The van der Waals surface area contributed by atoms with Crippen LogP contribution in [0.3, 0.4) is 0 Å². The Balaban J connectivity index is 2.40. The van der Waals surface area contributed by atoms with Crippen LogP contribution in [0.4, 0.5) is 5.82 Å². The van der Waals surface area contributed by atoms with Crippen molar-refractivity contribution < 1.29 is 0 Å². The summed E-state index contributed by atoms with van der Waals surface area (Å²) in [5.74, 6) is 0.935. The van der Waals surface area contributed by atoms with Gasteiger partial charge in [0.15, 0.2) is 0 Å². The van der Waals surface area contributed by atoms with Crippen LogP contribution in [0.1, 0.15) is 13.3 Å². The zero-order valence-electron chi connectivity index (χ0n) is 12.3. The fraction of sp³-hybridized carbons (Fsp3) is 0.467. The van der Waals surface area contributed by atoms with Crippen molar-refractivity contribution in [2.75, 3.05) is 38.6 Å². The van der Waals surface area contributed by atoms with Gasteiger partial charge in [-0.25, -0.2) is 4.98 Å². The fourth-order valence-corrected chi connectivity index (χ4v) is 2.36. The molecule has 0 saturated heterocycles. The molecule has 0 saturated carbocycles. The Morgan fingerprint density at radius 1 is 1.05 bits per heavy atom. The van der Waals surface area contributed by atoms with Gasteiger partial charge in [0.05, 0.1) is 5.52 Å². The molecule has 0 fully saturated rings. The molecule has 0 atom stereocenters. The lowest BCUT2D eigenvalue weighted by Gasteiger charge is -2.26. The Labute approximate surface area is 125 Å². The number of anilines is 1. The number of hydrogen-bond donors (Lipinski definition) is 0. The van der Waals surface area contributed by atoms with E-state index in [1.807, 2.05) is 18.2 Å². The van der Waals surface area contributed by atoms with Crippen molar-refractivity contribution in [3.8, 4) is 0 Å². The average Bonchev–Trinajstić information content (AvgIpc) is 2.42. The summed E-state index contributed by atoms with van der Waals surface area (Å²) in [6, 6.07) is 8.01. The smallest absolute Gasteiger partial charge is 0.224 e. The molecular weight excluding hydrogens is 272 g/mol. The standard InChI is InChI=1S/C15H21ClN4/c1-4-9-20(11-10-19(2)3)14-12-7-5-6-8-13(12)17-15(16)18-14/h5-8H,4,9-11H2,1-3H3. The second kappa shape index (κ2) is 6.86. The fourth-order valence-electron chi connectivity index (χ4n) is 2.19. The lowest BCUT2D eigenvalue weighted by molar-refractivity contribution is 0.412. The third-order valence-electron chi connectivity index (χ3n) is 3.17.